The van der Waals surface area contributed by atoms with E-state index in [0.29, 0.717) is 11.4 Å². The molecule has 0 aromatic carbocycles. The van der Waals surface area contributed by atoms with Crippen LogP contribution in [-0.4, -0.2) is 57.9 Å². The number of aromatic nitrogens is 4. The molecule has 3 aromatic heterocycles. The molecule has 0 bridgehead atoms. The van der Waals surface area contributed by atoms with Gasteiger partial charge in [0.05, 0.1) is 18.1 Å². The minimum Gasteiger partial charge on any atom is -0.306 e. The standard InChI is InChI=1S/C22H30N6O4S2/c1-22(6-7-22)24-34(31,32)18-10-17-19(29)27(14-16-11-23-26(3)12-16)21(30)28(20(17)33-18)13-15-4-8-25(2)9-5-15/h10-12,15,24H,4-9,13-14H2,1-3H3. The number of hydrogen-bond donors (Lipinski definition) is 1. The van der Waals surface area contributed by atoms with E-state index in [-0.39, 0.29) is 22.1 Å². The van der Waals surface area contributed by atoms with Crippen LogP contribution in [0.15, 0.2) is 32.3 Å². The number of nitrogens with zero attached hydrogens (tertiary/aromatic N) is 5. The van der Waals surface area contributed by atoms with Gasteiger partial charge >= 0.3 is 5.69 Å². The molecule has 1 aliphatic carbocycles. The van der Waals surface area contributed by atoms with E-state index in [4.69, 9.17) is 0 Å². The number of fused-ring (bicyclic) bond motifs is 1. The first-order valence-corrected chi connectivity index (χ1v) is 13.8. The quantitative estimate of drug-likeness (QED) is 0.515. The molecule has 3 aromatic rings. The third-order valence-electron chi connectivity index (χ3n) is 6.90. The van der Waals surface area contributed by atoms with Crippen molar-refractivity contribution in [1.29, 1.82) is 0 Å². The SMILES string of the molecule is CN1CCC(Cn2c(=O)n(Cc3cnn(C)c3)c(=O)c3cc(S(=O)(=O)NC4(C)CC4)sc32)CC1. The highest BCUT2D eigenvalue weighted by Gasteiger charge is 2.42. The van der Waals surface area contributed by atoms with Crippen molar-refractivity contribution >= 4 is 31.6 Å². The molecule has 184 valence electrons. The summed E-state index contributed by atoms with van der Waals surface area (Å²) in [6, 6.07) is 1.43. The van der Waals surface area contributed by atoms with Gasteiger partial charge in [-0.15, -0.1) is 11.3 Å². The van der Waals surface area contributed by atoms with Crippen LogP contribution in [0, 0.1) is 5.92 Å². The summed E-state index contributed by atoms with van der Waals surface area (Å²) in [4.78, 5) is 29.7. The highest BCUT2D eigenvalue weighted by molar-refractivity contribution is 7.91. The summed E-state index contributed by atoms with van der Waals surface area (Å²) in [5, 5.41) is 4.40. The smallest absolute Gasteiger partial charge is 0.306 e. The molecule has 34 heavy (non-hydrogen) atoms. The summed E-state index contributed by atoms with van der Waals surface area (Å²) in [5.74, 6) is 0.284. The zero-order chi connectivity index (χ0) is 24.3. The fourth-order valence-electron chi connectivity index (χ4n) is 4.51. The van der Waals surface area contributed by atoms with Gasteiger partial charge in [0.25, 0.3) is 15.6 Å². The second-order valence-corrected chi connectivity index (χ2v) is 12.9. The number of rotatable bonds is 7. The first-order chi connectivity index (χ1) is 16.0. The van der Waals surface area contributed by atoms with Gasteiger partial charge in [-0.05, 0) is 64.7 Å². The van der Waals surface area contributed by atoms with E-state index >= 15 is 0 Å². The number of thiophene rings is 1. The predicted octanol–water partition coefficient (Wildman–Crippen LogP) is 1.18. The number of aryl methyl sites for hydroxylation is 1. The molecule has 4 heterocycles. The lowest BCUT2D eigenvalue weighted by Gasteiger charge is -2.29. The van der Waals surface area contributed by atoms with E-state index in [1.165, 1.54) is 10.6 Å². The van der Waals surface area contributed by atoms with Crippen molar-refractivity contribution in [2.75, 3.05) is 20.1 Å². The molecule has 0 amide bonds. The van der Waals surface area contributed by atoms with Crippen molar-refractivity contribution in [3.05, 3.63) is 44.9 Å². The fraction of sp³-hybridized carbons (Fsp3) is 0.591. The average Bonchev–Trinajstić information content (AvgIpc) is 3.14. The molecule has 1 saturated heterocycles. The second-order valence-electron chi connectivity index (χ2n) is 10.0. The van der Waals surface area contributed by atoms with Gasteiger partial charge in [0.15, 0.2) is 0 Å². The molecule has 5 rings (SSSR count). The highest BCUT2D eigenvalue weighted by atomic mass is 32.2. The summed E-state index contributed by atoms with van der Waals surface area (Å²) >= 11 is 1.01. The van der Waals surface area contributed by atoms with Crippen LogP contribution in [0.5, 0.6) is 0 Å². The van der Waals surface area contributed by atoms with Gasteiger partial charge < -0.3 is 4.90 Å². The Morgan fingerprint density at radius 2 is 1.88 bits per heavy atom. The molecule has 1 saturated carbocycles. The molecule has 0 atom stereocenters. The maximum Gasteiger partial charge on any atom is 0.332 e. The van der Waals surface area contributed by atoms with Crippen molar-refractivity contribution < 1.29 is 8.42 Å². The predicted molar refractivity (Wildman–Crippen MR) is 131 cm³/mol. The van der Waals surface area contributed by atoms with Crippen LogP contribution in [-0.2, 0) is 30.2 Å². The van der Waals surface area contributed by atoms with Crippen LogP contribution in [0.2, 0.25) is 0 Å². The molecule has 12 heteroatoms. The van der Waals surface area contributed by atoms with E-state index in [1.54, 1.807) is 28.7 Å². The summed E-state index contributed by atoms with van der Waals surface area (Å²) in [5.41, 5.74) is -0.575. The normalized spacial score (nSPS) is 19.1. The summed E-state index contributed by atoms with van der Waals surface area (Å²) in [6.45, 7) is 4.31. The van der Waals surface area contributed by atoms with Gasteiger partial charge in [0.1, 0.15) is 9.04 Å². The lowest BCUT2D eigenvalue weighted by Crippen LogP contribution is -2.42. The number of likely N-dealkylation sites (tertiary alicyclic amines) is 1. The van der Waals surface area contributed by atoms with Crippen LogP contribution < -0.4 is 16.0 Å². The lowest BCUT2D eigenvalue weighted by molar-refractivity contribution is 0.204. The fourth-order valence-corrected chi connectivity index (χ4v) is 7.43. The van der Waals surface area contributed by atoms with Crippen molar-refractivity contribution in [3.63, 3.8) is 0 Å². The van der Waals surface area contributed by atoms with E-state index in [9.17, 15) is 18.0 Å². The zero-order valence-corrected chi connectivity index (χ0v) is 21.3. The molecule has 2 fully saturated rings. The molecule has 1 aliphatic heterocycles. The minimum absolute atomic E-state index is 0.0726. The Morgan fingerprint density at radius 1 is 1.18 bits per heavy atom. The summed E-state index contributed by atoms with van der Waals surface area (Å²) in [7, 11) is 0.0693. The van der Waals surface area contributed by atoms with Gasteiger partial charge in [0.2, 0.25) is 0 Å². The van der Waals surface area contributed by atoms with Crippen LogP contribution >= 0.6 is 11.3 Å². The van der Waals surface area contributed by atoms with Gasteiger partial charge in [-0.1, -0.05) is 0 Å². The maximum absolute atomic E-state index is 13.6. The maximum atomic E-state index is 13.6. The van der Waals surface area contributed by atoms with E-state index in [0.717, 1.165) is 55.7 Å². The Labute approximate surface area is 201 Å². The Morgan fingerprint density at radius 3 is 2.50 bits per heavy atom. The zero-order valence-electron chi connectivity index (χ0n) is 19.7. The number of nitrogens with one attached hydrogen (secondary N) is 1. The van der Waals surface area contributed by atoms with Crippen molar-refractivity contribution in [2.24, 2.45) is 13.0 Å². The van der Waals surface area contributed by atoms with Gasteiger partial charge in [-0.25, -0.2) is 17.9 Å². The molecule has 10 nitrogen and oxygen atoms in total. The van der Waals surface area contributed by atoms with Crippen molar-refractivity contribution in [2.45, 2.75) is 55.4 Å². The van der Waals surface area contributed by atoms with E-state index in [2.05, 4.69) is 21.8 Å². The number of piperidine rings is 1. The largest absolute Gasteiger partial charge is 0.332 e. The Bertz CT molecular complexity index is 1450. The van der Waals surface area contributed by atoms with Gasteiger partial charge in [-0.2, -0.15) is 5.10 Å². The van der Waals surface area contributed by atoms with Crippen LogP contribution in [0.25, 0.3) is 10.2 Å². The molecule has 0 radical (unpaired) electrons. The molecule has 1 N–H and O–H groups in total. The number of hydrogen-bond acceptors (Lipinski definition) is 7. The van der Waals surface area contributed by atoms with Crippen LogP contribution in [0.1, 0.15) is 38.2 Å². The topological polar surface area (TPSA) is 111 Å². The summed E-state index contributed by atoms with van der Waals surface area (Å²) < 4.78 is 33.4. The third-order valence-corrected chi connectivity index (χ3v) is 10.2. The first-order valence-electron chi connectivity index (χ1n) is 11.5. The second kappa shape index (κ2) is 8.43. The van der Waals surface area contributed by atoms with E-state index < -0.39 is 26.8 Å². The van der Waals surface area contributed by atoms with Gasteiger partial charge in [0, 0.05) is 30.9 Å². The molecule has 0 spiro atoms. The number of sulfonamides is 1. The Hall–Kier alpha value is -2.28. The molecular weight excluding hydrogens is 476 g/mol. The Kier molecular flexibility index (Phi) is 5.82. The van der Waals surface area contributed by atoms with E-state index in [1.807, 2.05) is 6.92 Å². The van der Waals surface area contributed by atoms with Crippen molar-refractivity contribution in [3.8, 4) is 0 Å². The highest BCUT2D eigenvalue weighted by Crippen LogP contribution is 2.37. The molecule has 0 unspecified atom stereocenters. The van der Waals surface area contributed by atoms with Crippen LogP contribution in [0.3, 0.4) is 0 Å². The van der Waals surface area contributed by atoms with Crippen molar-refractivity contribution in [1.82, 2.24) is 28.5 Å². The monoisotopic (exact) mass is 506 g/mol. The molecule has 2 aliphatic rings. The average molecular weight is 507 g/mol. The van der Waals surface area contributed by atoms with Gasteiger partial charge in [-0.3, -0.25) is 18.6 Å². The third kappa shape index (κ3) is 4.51. The minimum atomic E-state index is -3.79. The Balaban J connectivity index is 1.62. The summed E-state index contributed by atoms with van der Waals surface area (Å²) in [6.07, 6.45) is 6.86. The van der Waals surface area contributed by atoms with Crippen LogP contribution in [0.4, 0.5) is 0 Å². The first kappa shape index (κ1) is 23.5. The molecular formula is C22H30N6O4S2. The lowest BCUT2D eigenvalue weighted by atomic mass is 9.97.